The molecule has 2 unspecified atom stereocenters. The molecule has 1 aliphatic heterocycles. The molecule has 4 nitrogen and oxygen atoms in total. The molecule has 3 aromatic rings. The van der Waals surface area contributed by atoms with Crippen molar-refractivity contribution < 1.29 is 13.9 Å². The van der Waals surface area contributed by atoms with Gasteiger partial charge in [0.15, 0.2) is 6.61 Å². The predicted octanol–water partition coefficient (Wildman–Crippen LogP) is 6.80. The highest BCUT2D eigenvalue weighted by Crippen LogP contribution is 2.45. The van der Waals surface area contributed by atoms with Gasteiger partial charge in [0.05, 0.1) is 16.8 Å². The molecule has 2 atom stereocenters. The molecule has 0 radical (unpaired) electrons. The van der Waals surface area contributed by atoms with Gasteiger partial charge in [-0.05, 0) is 65.9 Å². The maximum atomic E-state index is 13.4. The summed E-state index contributed by atoms with van der Waals surface area (Å²) < 4.78 is 19.0. The number of carbonyl (C=O) groups excluding carboxylic acids is 1. The van der Waals surface area contributed by atoms with E-state index < -0.39 is 5.82 Å². The summed E-state index contributed by atoms with van der Waals surface area (Å²) in [5.41, 5.74) is 2.20. The number of fused-ring (bicyclic) bond motifs is 1. The zero-order valence-corrected chi connectivity index (χ0v) is 19.4. The van der Waals surface area contributed by atoms with Crippen molar-refractivity contribution in [1.82, 2.24) is 5.01 Å². The Morgan fingerprint density at radius 2 is 2.09 bits per heavy atom. The summed E-state index contributed by atoms with van der Waals surface area (Å²) in [5.74, 6) is -0.248. The van der Waals surface area contributed by atoms with Gasteiger partial charge in [-0.2, -0.15) is 5.10 Å². The van der Waals surface area contributed by atoms with Gasteiger partial charge < -0.3 is 4.74 Å². The van der Waals surface area contributed by atoms with Gasteiger partial charge >= 0.3 is 0 Å². The second-order valence-electron chi connectivity index (χ2n) is 7.73. The van der Waals surface area contributed by atoms with E-state index in [1.54, 1.807) is 27.7 Å². The lowest BCUT2D eigenvalue weighted by molar-refractivity contribution is -0.135. The number of hydrogen-bond acceptors (Lipinski definition) is 5. The summed E-state index contributed by atoms with van der Waals surface area (Å²) >= 11 is 9.16. The fourth-order valence-corrected chi connectivity index (χ4v) is 6.00. The lowest BCUT2D eigenvalue weighted by Gasteiger charge is -2.28. The van der Waals surface area contributed by atoms with Crippen LogP contribution in [0.2, 0.25) is 5.02 Å². The second kappa shape index (κ2) is 9.17. The maximum absolute atomic E-state index is 13.4. The highest BCUT2D eigenvalue weighted by Gasteiger charge is 2.44. The van der Waals surface area contributed by atoms with Crippen molar-refractivity contribution >= 4 is 52.0 Å². The van der Waals surface area contributed by atoms with E-state index >= 15 is 0 Å². The molecule has 0 N–H and O–H groups in total. The van der Waals surface area contributed by atoms with Gasteiger partial charge in [-0.1, -0.05) is 23.7 Å². The normalized spacial score (nSPS) is 21.5. The standard InChI is InChI=1S/C24H20ClFN2O2S2/c25-19-13-16(8-9-20(19)26)30-14-22(29)28-24(21-7-3-11-32-21)18-6-1-4-15(23(18)27-28)12-17-5-2-10-31-17/h2-3,5,7-13,18,24H,1,4,6,14H2. The number of nitrogens with zero attached hydrogens (tertiary/aromatic N) is 2. The Bertz CT molecular complexity index is 1170. The molecular formula is C24H20ClFN2O2S2. The average Bonchev–Trinajstić information content (AvgIpc) is 3.55. The Kier molecular flexibility index (Phi) is 6.13. The summed E-state index contributed by atoms with van der Waals surface area (Å²) in [7, 11) is 0. The third-order valence-electron chi connectivity index (χ3n) is 5.70. The van der Waals surface area contributed by atoms with Crippen LogP contribution in [-0.2, 0) is 4.79 Å². The lowest BCUT2D eigenvalue weighted by Crippen LogP contribution is -2.34. The maximum Gasteiger partial charge on any atom is 0.281 e. The number of ether oxygens (including phenoxy) is 1. The molecule has 1 aliphatic carbocycles. The van der Waals surface area contributed by atoms with Crippen LogP contribution in [0.25, 0.3) is 6.08 Å². The Balaban J connectivity index is 1.42. The number of benzene rings is 1. The minimum Gasteiger partial charge on any atom is -0.484 e. The van der Waals surface area contributed by atoms with E-state index in [9.17, 15) is 9.18 Å². The molecule has 5 rings (SSSR count). The monoisotopic (exact) mass is 486 g/mol. The SMILES string of the molecule is O=C(COc1ccc(F)c(Cl)c1)N1N=C2C(=Cc3cccs3)CCCC2C1c1cccs1. The highest BCUT2D eigenvalue weighted by molar-refractivity contribution is 7.11. The molecule has 1 saturated carbocycles. The quantitative estimate of drug-likeness (QED) is 0.397. The van der Waals surface area contributed by atoms with E-state index in [-0.39, 0.29) is 29.5 Å². The van der Waals surface area contributed by atoms with E-state index in [2.05, 4.69) is 23.6 Å². The molecular weight excluding hydrogens is 467 g/mol. The highest BCUT2D eigenvalue weighted by atomic mass is 35.5. The minimum atomic E-state index is -0.525. The number of rotatable bonds is 5. The summed E-state index contributed by atoms with van der Waals surface area (Å²) in [6, 6.07) is 12.1. The number of hydrogen-bond donors (Lipinski definition) is 0. The molecule has 0 saturated heterocycles. The first-order valence-electron chi connectivity index (χ1n) is 10.4. The molecule has 32 heavy (non-hydrogen) atoms. The van der Waals surface area contributed by atoms with Crippen molar-refractivity contribution in [3.63, 3.8) is 0 Å². The van der Waals surface area contributed by atoms with Gasteiger partial charge in [0.2, 0.25) is 0 Å². The van der Waals surface area contributed by atoms with Gasteiger partial charge in [0.25, 0.3) is 5.91 Å². The van der Waals surface area contributed by atoms with Crippen LogP contribution in [0, 0.1) is 11.7 Å². The predicted molar refractivity (Wildman–Crippen MR) is 128 cm³/mol. The number of amides is 1. The van der Waals surface area contributed by atoms with Crippen molar-refractivity contribution in [2.45, 2.75) is 25.3 Å². The van der Waals surface area contributed by atoms with Gasteiger partial charge in [0.1, 0.15) is 11.6 Å². The Morgan fingerprint density at radius 3 is 2.84 bits per heavy atom. The van der Waals surface area contributed by atoms with E-state index in [1.165, 1.54) is 28.6 Å². The van der Waals surface area contributed by atoms with E-state index in [4.69, 9.17) is 21.4 Å². The molecule has 0 bridgehead atoms. The summed E-state index contributed by atoms with van der Waals surface area (Å²) in [5, 5.41) is 10.5. The fourth-order valence-electron chi connectivity index (χ4n) is 4.27. The van der Waals surface area contributed by atoms with Crippen molar-refractivity contribution in [3.05, 3.63) is 79.4 Å². The molecule has 1 fully saturated rings. The molecule has 164 valence electrons. The van der Waals surface area contributed by atoms with Crippen LogP contribution in [-0.4, -0.2) is 23.2 Å². The van der Waals surface area contributed by atoms with Crippen LogP contribution in [0.15, 0.2) is 63.9 Å². The number of carbonyl (C=O) groups is 1. The van der Waals surface area contributed by atoms with Crippen LogP contribution >= 0.6 is 34.3 Å². The third kappa shape index (κ3) is 4.25. The third-order valence-corrected chi connectivity index (χ3v) is 7.76. The van der Waals surface area contributed by atoms with Gasteiger partial charge in [-0.15, -0.1) is 22.7 Å². The van der Waals surface area contributed by atoms with Crippen LogP contribution in [0.5, 0.6) is 5.75 Å². The van der Waals surface area contributed by atoms with Crippen LogP contribution in [0.4, 0.5) is 4.39 Å². The Labute approximate surface area is 198 Å². The van der Waals surface area contributed by atoms with Crippen molar-refractivity contribution in [2.75, 3.05) is 6.61 Å². The Hall–Kier alpha value is -2.48. The Morgan fingerprint density at radius 1 is 1.25 bits per heavy atom. The first-order valence-corrected chi connectivity index (χ1v) is 12.5. The minimum absolute atomic E-state index is 0.0396. The van der Waals surface area contributed by atoms with Crippen LogP contribution in [0.1, 0.15) is 35.1 Å². The average molecular weight is 487 g/mol. The molecule has 2 aromatic heterocycles. The summed E-state index contributed by atoms with van der Waals surface area (Å²) in [6.45, 7) is -0.197. The van der Waals surface area contributed by atoms with Crippen LogP contribution in [0.3, 0.4) is 0 Å². The lowest BCUT2D eigenvalue weighted by atomic mass is 9.79. The van der Waals surface area contributed by atoms with E-state index in [0.717, 1.165) is 29.9 Å². The summed E-state index contributed by atoms with van der Waals surface area (Å²) in [6.07, 6.45) is 5.21. The zero-order chi connectivity index (χ0) is 22.1. The molecule has 2 aliphatic rings. The van der Waals surface area contributed by atoms with Crippen LogP contribution < -0.4 is 4.74 Å². The topological polar surface area (TPSA) is 41.9 Å². The number of allylic oxidation sites excluding steroid dienone is 1. The molecule has 1 aromatic carbocycles. The van der Waals surface area contributed by atoms with E-state index in [1.807, 2.05) is 17.5 Å². The van der Waals surface area contributed by atoms with Gasteiger partial charge in [-0.25, -0.2) is 9.40 Å². The molecule has 1 amide bonds. The first kappa shape index (κ1) is 21.4. The fraction of sp³-hybridized carbons (Fsp3) is 0.250. The zero-order valence-electron chi connectivity index (χ0n) is 17.0. The molecule has 0 spiro atoms. The smallest absolute Gasteiger partial charge is 0.281 e. The first-order chi connectivity index (χ1) is 15.6. The summed E-state index contributed by atoms with van der Waals surface area (Å²) in [4.78, 5) is 15.5. The number of thiophene rings is 2. The molecule has 8 heteroatoms. The second-order valence-corrected chi connectivity index (χ2v) is 10.1. The van der Waals surface area contributed by atoms with Crippen molar-refractivity contribution in [2.24, 2.45) is 11.0 Å². The van der Waals surface area contributed by atoms with Crippen molar-refractivity contribution in [1.29, 1.82) is 0 Å². The number of hydrazone groups is 1. The van der Waals surface area contributed by atoms with Crippen molar-refractivity contribution in [3.8, 4) is 5.75 Å². The van der Waals surface area contributed by atoms with E-state index in [0.29, 0.717) is 5.75 Å². The van der Waals surface area contributed by atoms with Gasteiger partial charge in [-0.3, -0.25) is 4.79 Å². The largest absolute Gasteiger partial charge is 0.484 e. The number of halogens is 2. The van der Waals surface area contributed by atoms with Gasteiger partial charge in [0, 0.05) is 21.7 Å². The molecule has 3 heterocycles.